The molecule has 0 saturated carbocycles. The van der Waals surface area contributed by atoms with Crippen LogP contribution in [0.15, 0.2) is 72.8 Å². The van der Waals surface area contributed by atoms with Crippen molar-refractivity contribution in [2.75, 3.05) is 24.2 Å². The number of nitrogens with zero attached hydrogens (tertiary/aromatic N) is 2. The van der Waals surface area contributed by atoms with E-state index in [1.165, 1.54) is 4.70 Å². The molecule has 0 aliphatic carbocycles. The number of amides is 2. The van der Waals surface area contributed by atoms with Crippen molar-refractivity contribution in [2.45, 2.75) is 19.4 Å². The van der Waals surface area contributed by atoms with E-state index in [0.29, 0.717) is 16.4 Å². The Labute approximate surface area is 207 Å². The number of aromatic nitrogens is 1. The molecular formula is C26H25ClN4O2S. The first kappa shape index (κ1) is 23.9. The number of carbonyl (C=O) groups excluding carboxylic acids is 2. The van der Waals surface area contributed by atoms with Crippen LogP contribution in [-0.2, 0) is 16.0 Å². The smallest absolute Gasteiger partial charge is 0.241 e. The predicted octanol–water partition coefficient (Wildman–Crippen LogP) is 5.44. The topological polar surface area (TPSA) is 74.3 Å². The summed E-state index contributed by atoms with van der Waals surface area (Å²) in [7, 11) is 1.74. The quantitative estimate of drug-likeness (QED) is 0.343. The highest BCUT2D eigenvalue weighted by Gasteiger charge is 2.20. The average Bonchev–Trinajstić information content (AvgIpc) is 3.23. The van der Waals surface area contributed by atoms with Gasteiger partial charge in [-0.05, 0) is 68.1 Å². The van der Waals surface area contributed by atoms with Gasteiger partial charge in [0.05, 0.1) is 27.8 Å². The molecule has 0 aliphatic heterocycles. The van der Waals surface area contributed by atoms with Gasteiger partial charge in [0.2, 0.25) is 11.8 Å². The lowest BCUT2D eigenvalue weighted by Crippen LogP contribution is -2.43. The van der Waals surface area contributed by atoms with Gasteiger partial charge in [-0.15, -0.1) is 11.3 Å². The van der Waals surface area contributed by atoms with Crippen LogP contribution in [0.3, 0.4) is 0 Å². The van der Waals surface area contributed by atoms with Crippen LogP contribution < -0.4 is 10.6 Å². The zero-order valence-electron chi connectivity index (χ0n) is 18.9. The second-order valence-electron chi connectivity index (χ2n) is 8.08. The molecule has 6 nitrogen and oxygen atoms in total. The van der Waals surface area contributed by atoms with Crippen molar-refractivity contribution in [1.29, 1.82) is 0 Å². The van der Waals surface area contributed by atoms with E-state index in [1.807, 2.05) is 42.5 Å². The van der Waals surface area contributed by atoms with Crippen molar-refractivity contribution in [3.63, 3.8) is 0 Å². The number of nitrogens with one attached hydrogen (secondary N) is 2. The van der Waals surface area contributed by atoms with E-state index in [2.05, 4.69) is 21.7 Å². The van der Waals surface area contributed by atoms with Gasteiger partial charge in [0.25, 0.3) is 0 Å². The number of halogens is 1. The van der Waals surface area contributed by atoms with Crippen LogP contribution in [0.25, 0.3) is 10.2 Å². The molecule has 0 radical (unpaired) electrons. The summed E-state index contributed by atoms with van der Waals surface area (Å²) in [6, 6.07) is 22.3. The Morgan fingerprint density at radius 3 is 2.32 bits per heavy atom. The average molecular weight is 493 g/mol. The van der Waals surface area contributed by atoms with E-state index < -0.39 is 6.04 Å². The van der Waals surface area contributed by atoms with E-state index in [9.17, 15) is 9.59 Å². The monoisotopic (exact) mass is 492 g/mol. The normalized spacial score (nSPS) is 12.0. The van der Waals surface area contributed by atoms with Gasteiger partial charge < -0.3 is 10.6 Å². The summed E-state index contributed by atoms with van der Waals surface area (Å²) >= 11 is 7.56. The van der Waals surface area contributed by atoms with Crippen LogP contribution in [-0.4, -0.2) is 41.3 Å². The summed E-state index contributed by atoms with van der Waals surface area (Å²) < 4.78 is 1.18. The van der Waals surface area contributed by atoms with E-state index in [4.69, 9.17) is 11.6 Å². The summed E-state index contributed by atoms with van der Waals surface area (Å²) in [5.41, 5.74) is 3.52. The third-order valence-electron chi connectivity index (χ3n) is 5.48. The zero-order chi connectivity index (χ0) is 24.1. The fourth-order valence-corrected chi connectivity index (χ4v) is 4.55. The lowest BCUT2D eigenvalue weighted by Gasteiger charge is -2.23. The highest BCUT2D eigenvalue weighted by Crippen LogP contribution is 2.24. The van der Waals surface area contributed by atoms with Crippen molar-refractivity contribution < 1.29 is 9.59 Å². The molecule has 0 spiro atoms. The minimum Gasteiger partial charge on any atom is -0.325 e. The molecule has 8 heteroatoms. The molecule has 1 aromatic heterocycles. The summed E-state index contributed by atoms with van der Waals surface area (Å²) in [6.45, 7) is 1.85. The number of thiazole rings is 1. The van der Waals surface area contributed by atoms with Crippen LogP contribution in [0, 0.1) is 0 Å². The van der Waals surface area contributed by atoms with Gasteiger partial charge in [-0.2, -0.15) is 0 Å². The molecule has 0 aliphatic rings. The molecule has 4 rings (SSSR count). The van der Waals surface area contributed by atoms with Crippen LogP contribution in [0.2, 0.25) is 5.02 Å². The summed E-state index contributed by atoms with van der Waals surface area (Å²) in [6.07, 6.45) is 0.745. The van der Waals surface area contributed by atoms with Gasteiger partial charge in [-0.3, -0.25) is 14.5 Å². The van der Waals surface area contributed by atoms with Gasteiger partial charge in [-0.25, -0.2) is 4.98 Å². The first-order chi connectivity index (χ1) is 16.4. The van der Waals surface area contributed by atoms with Crippen molar-refractivity contribution in [2.24, 2.45) is 0 Å². The zero-order valence-corrected chi connectivity index (χ0v) is 20.5. The lowest BCUT2D eigenvalue weighted by atomic mass is 10.1. The first-order valence-electron chi connectivity index (χ1n) is 10.9. The maximum atomic E-state index is 12.7. The molecule has 0 fully saturated rings. The summed E-state index contributed by atoms with van der Waals surface area (Å²) in [5, 5.41) is 7.39. The van der Waals surface area contributed by atoms with Crippen LogP contribution in [0.5, 0.6) is 0 Å². The molecule has 3 aromatic carbocycles. The van der Waals surface area contributed by atoms with Gasteiger partial charge in [0.15, 0.2) is 0 Å². The first-order valence-corrected chi connectivity index (χ1v) is 12.1. The minimum atomic E-state index is -0.488. The SMILES string of the molecule is C[C@H](C(=O)Nc1ccc(Cc2nc3ccccc3s2)cc1)N(C)CC(=O)Nc1ccc(Cl)cc1. The Morgan fingerprint density at radius 1 is 0.971 bits per heavy atom. The number of likely N-dealkylation sites (N-methyl/N-ethyl adjacent to an activating group) is 1. The number of carbonyl (C=O) groups is 2. The van der Waals surface area contributed by atoms with Crippen molar-refractivity contribution in [3.8, 4) is 0 Å². The number of hydrogen-bond acceptors (Lipinski definition) is 5. The fraction of sp³-hybridized carbons (Fsp3) is 0.192. The van der Waals surface area contributed by atoms with Crippen LogP contribution in [0.4, 0.5) is 11.4 Å². The van der Waals surface area contributed by atoms with Crippen molar-refractivity contribution in [3.05, 3.63) is 88.4 Å². The third kappa shape index (κ3) is 6.20. The molecule has 0 unspecified atom stereocenters. The Bertz CT molecular complexity index is 1260. The molecule has 2 amide bonds. The highest BCUT2D eigenvalue weighted by molar-refractivity contribution is 7.18. The second kappa shape index (κ2) is 10.8. The van der Waals surface area contributed by atoms with E-state index in [0.717, 1.165) is 22.5 Å². The van der Waals surface area contributed by atoms with E-state index in [1.54, 1.807) is 54.5 Å². The Morgan fingerprint density at radius 2 is 1.62 bits per heavy atom. The number of para-hydroxylation sites is 1. The van der Waals surface area contributed by atoms with E-state index in [-0.39, 0.29) is 18.4 Å². The Hall–Kier alpha value is -3.26. The standard InChI is InChI=1S/C26H25ClN4O2S/c1-17(31(2)16-24(32)28-20-13-9-19(27)10-14-20)26(33)29-21-11-7-18(8-12-21)15-25-30-22-5-3-4-6-23(22)34-25/h3-14,17H,15-16H2,1-2H3,(H,28,32)(H,29,33)/t17-/m1/s1. The van der Waals surface area contributed by atoms with Gasteiger partial charge in [0, 0.05) is 22.8 Å². The molecule has 0 saturated heterocycles. The van der Waals surface area contributed by atoms with Crippen molar-refractivity contribution in [1.82, 2.24) is 9.88 Å². The highest BCUT2D eigenvalue weighted by atomic mass is 35.5. The van der Waals surface area contributed by atoms with Gasteiger partial charge in [0.1, 0.15) is 0 Å². The maximum absolute atomic E-state index is 12.7. The molecule has 1 atom stereocenters. The molecule has 2 N–H and O–H groups in total. The fourth-order valence-electron chi connectivity index (χ4n) is 3.42. The van der Waals surface area contributed by atoms with Gasteiger partial charge in [-0.1, -0.05) is 35.9 Å². The third-order valence-corrected chi connectivity index (χ3v) is 6.76. The lowest BCUT2D eigenvalue weighted by molar-refractivity contribution is -0.122. The number of benzene rings is 3. The molecule has 0 bridgehead atoms. The van der Waals surface area contributed by atoms with E-state index >= 15 is 0 Å². The largest absolute Gasteiger partial charge is 0.325 e. The molecule has 4 aromatic rings. The maximum Gasteiger partial charge on any atom is 0.241 e. The summed E-state index contributed by atoms with van der Waals surface area (Å²) in [5.74, 6) is -0.385. The summed E-state index contributed by atoms with van der Waals surface area (Å²) in [4.78, 5) is 31.4. The van der Waals surface area contributed by atoms with Gasteiger partial charge >= 0.3 is 0 Å². The number of fused-ring (bicyclic) bond motifs is 1. The van der Waals surface area contributed by atoms with Crippen LogP contribution in [0.1, 0.15) is 17.5 Å². The van der Waals surface area contributed by atoms with Crippen molar-refractivity contribution >= 4 is 56.3 Å². The second-order valence-corrected chi connectivity index (χ2v) is 9.64. The minimum absolute atomic E-state index is 0.0817. The predicted molar refractivity (Wildman–Crippen MR) is 140 cm³/mol. The molecule has 34 heavy (non-hydrogen) atoms. The molecule has 174 valence electrons. The number of rotatable bonds is 8. The number of hydrogen-bond donors (Lipinski definition) is 2. The Kier molecular flexibility index (Phi) is 7.57. The Balaban J connectivity index is 1.28. The number of anilines is 2. The van der Waals surface area contributed by atoms with Crippen LogP contribution >= 0.6 is 22.9 Å². The molecular weight excluding hydrogens is 468 g/mol. The molecule has 1 heterocycles.